The van der Waals surface area contributed by atoms with Crippen LogP contribution in [-0.4, -0.2) is 11.9 Å². The Morgan fingerprint density at radius 1 is 1.22 bits per heavy atom. The molecule has 0 saturated carbocycles. The van der Waals surface area contributed by atoms with Crippen LogP contribution in [0.25, 0.3) is 0 Å². The van der Waals surface area contributed by atoms with Gasteiger partial charge in [0.15, 0.2) is 0 Å². The van der Waals surface area contributed by atoms with Gasteiger partial charge in [0.05, 0.1) is 0 Å². The molecule has 0 amide bonds. The molecule has 0 atom stereocenters. The molecule has 0 bridgehead atoms. The van der Waals surface area contributed by atoms with Crippen molar-refractivity contribution in [1.82, 2.24) is 0 Å². The van der Waals surface area contributed by atoms with Gasteiger partial charge in [-0.25, -0.2) is 0 Å². The molecule has 0 aromatic carbocycles. The zero-order valence-electron chi connectivity index (χ0n) is 6.51. The van der Waals surface area contributed by atoms with Crippen molar-refractivity contribution in [3.8, 4) is 0 Å². The van der Waals surface area contributed by atoms with Crippen molar-refractivity contribution in [2.24, 2.45) is 10.9 Å². The first-order valence-electron chi connectivity index (χ1n) is 3.28. The Morgan fingerprint density at radius 3 is 1.78 bits per heavy atom. The van der Waals surface area contributed by atoms with Crippen LogP contribution in [0.4, 0.5) is 0 Å². The van der Waals surface area contributed by atoms with Gasteiger partial charge in [-0.1, -0.05) is 13.8 Å². The largest absolute Gasteiger partial charge is 0.862 e. The predicted molar refractivity (Wildman–Crippen MR) is 37.4 cm³/mol. The van der Waals surface area contributed by atoms with Crippen molar-refractivity contribution in [1.29, 1.82) is 0 Å². The van der Waals surface area contributed by atoms with Crippen LogP contribution in [-0.2, 0) is 0 Å². The van der Waals surface area contributed by atoms with Gasteiger partial charge < -0.3 is 10.1 Å². The molecule has 0 saturated heterocycles. The average molecular weight is 128 g/mol. The molecule has 0 spiro atoms. The van der Waals surface area contributed by atoms with Crippen LogP contribution in [0, 0.1) is 5.92 Å². The third-order valence-corrected chi connectivity index (χ3v) is 0.879. The smallest absolute Gasteiger partial charge is 0.0432 e. The third-order valence-electron chi connectivity index (χ3n) is 0.879. The third kappa shape index (κ3) is 4.01. The van der Waals surface area contributed by atoms with Crippen LogP contribution in [0.3, 0.4) is 0 Å². The maximum absolute atomic E-state index is 10.8. The number of hydrogen-bond acceptors (Lipinski definition) is 2. The van der Waals surface area contributed by atoms with Crippen molar-refractivity contribution in [2.45, 2.75) is 33.7 Å². The lowest BCUT2D eigenvalue weighted by Crippen LogP contribution is -2.25. The van der Waals surface area contributed by atoms with Gasteiger partial charge in [-0.15, -0.1) is 0 Å². The molecule has 0 aliphatic carbocycles. The SMILES string of the molecule is CC(C)N=C([O-])C(C)C. The molecule has 0 aromatic heterocycles. The summed E-state index contributed by atoms with van der Waals surface area (Å²) in [4.78, 5) is 3.84. The Hall–Kier alpha value is -0.530. The number of nitrogens with zero attached hydrogens (tertiary/aromatic N) is 1. The molecule has 2 heteroatoms. The average Bonchev–Trinajstić information content (AvgIpc) is 1.63. The topological polar surface area (TPSA) is 35.4 Å². The molecule has 0 radical (unpaired) electrons. The van der Waals surface area contributed by atoms with Crippen LogP contribution in [0.2, 0.25) is 0 Å². The Morgan fingerprint density at radius 2 is 1.67 bits per heavy atom. The highest BCUT2D eigenvalue weighted by molar-refractivity contribution is 5.73. The molecule has 0 aromatic rings. The minimum Gasteiger partial charge on any atom is -0.862 e. The van der Waals surface area contributed by atoms with Crippen LogP contribution in [0.5, 0.6) is 0 Å². The quantitative estimate of drug-likeness (QED) is 0.400. The summed E-state index contributed by atoms with van der Waals surface area (Å²) in [5.41, 5.74) is 0. The van der Waals surface area contributed by atoms with E-state index in [0.29, 0.717) is 0 Å². The first-order chi connectivity index (χ1) is 4.04. The van der Waals surface area contributed by atoms with Crippen molar-refractivity contribution in [2.75, 3.05) is 0 Å². The van der Waals surface area contributed by atoms with Crippen molar-refractivity contribution in [3.05, 3.63) is 0 Å². The Bertz CT molecular complexity index is 105. The molecule has 2 nitrogen and oxygen atoms in total. The van der Waals surface area contributed by atoms with Gasteiger partial charge in [0.25, 0.3) is 0 Å². The van der Waals surface area contributed by atoms with E-state index >= 15 is 0 Å². The summed E-state index contributed by atoms with van der Waals surface area (Å²) in [7, 11) is 0. The molecular weight excluding hydrogens is 114 g/mol. The molecule has 9 heavy (non-hydrogen) atoms. The summed E-state index contributed by atoms with van der Waals surface area (Å²) >= 11 is 0. The van der Waals surface area contributed by atoms with E-state index in [2.05, 4.69) is 4.99 Å². The summed E-state index contributed by atoms with van der Waals surface area (Å²) in [5.74, 6) is 0.0531. The molecule has 0 fully saturated rings. The highest BCUT2D eigenvalue weighted by Gasteiger charge is 1.91. The fraction of sp³-hybridized carbons (Fsp3) is 0.857. The maximum Gasteiger partial charge on any atom is 0.0432 e. The van der Waals surface area contributed by atoms with E-state index in [1.54, 1.807) is 0 Å². The van der Waals surface area contributed by atoms with E-state index in [4.69, 9.17) is 0 Å². The second kappa shape index (κ2) is 3.49. The monoisotopic (exact) mass is 128 g/mol. The van der Waals surface area contributed by atoms with E-state index in [1.165, 1.54) is 0 Å². The minimum atomic E-state index is 0.00463. The van der Waals surface area contributed by atoms with E-state index in [-0.39, 0.29) is 17.9 Å². The standard InChI is InChI=1S/C7H15NO/c1-5(2)7(9)8-6(3)4/h5-6H,1-4H3,(H,8,9)/p-1. The summed E-state index contributed by atoms with van der Waals surface area (Å²) in [5, 5.41) is 10.8. The number of hydrogen-bond donors (Lipinski definition) is 0. The molecule has 54 valence electrons. The van der Waals surface area contributed by atoms with Crippen molar-refractivity contribution < 1.29 is 5.11 Å². The number of aliphatic imine (C=N–C) groups is 1. The zero-order valence-corrected chi connectivity index (χ0v) is 6.51. The highest BCUT2D eigenvalue weighted by Crippen LogP contribution is 1.94. The number of rotatable bonds is 2. The summed E-state index contributed by atoms with van der Waals surface area (Å²) in [6, 6.07) is 0.139. The van der Waals surface area contributed by atoms with Crippen LogP contribution >= 0.6 is 0 Å². The molecule has 0 rings (SSSR count). The summed E-state index contributed by atoms with van der Waals surface area (Å²) in [6.45, 7) is 7.52. The normalized spacial score (nSPS) is 13.3. The first-order valence-corrected chi connectivity index (χ1v) is 3.28. The van der Waals surface area contributed by atoms with Crippen molar-refractivity contribution in [3.63, 3.8) is 0 Å². The summed E-state index contributed by atoms with van der Waals surface area (Å²) < 4.78 is 0. The minimum absolute atomic E-state index is 0.00463. The second-order valence-corrected chi connectivity index (χ2v) is 2.72. The maximum atomic E-state index is 10.8. The highest BCUT2D eigenvalue weighted by atomic mass is 16.3. The fourth-order valence-corrected chi connectivity index (χ4v) is 0.404. The van der Waals surface area contributed by atoms with Gasteiger partial charge in [0, 0.05) is 6.04 Å². The molecule has 0 heterocycles. The van der Waals surface area contributed by atoms with E-state index in [9.17, 15) is 5.11 Å². The van der Waals surface area contributed by atoms with Crippen molar-refractivity contribution >= 4 is 5.90 Å². The molecule has 0 N–H and O–H groups in total. The van der Waals surface area contributed by atoms with Gasteiger partial charge in [-0.2, -0.15) is 0 Å². The molecule has 0 aliphatic rings. The second-order valence-electron chi connectivity index (χ2n) is 2.72. The van der Waals surface area contributed by atoms with Gasteiger partial charge in [-0.3, -0.25) is 0 Å². The molecule has 0 unspecified atom stereocenters. The lowest BCUT2D eigenvalue weighted by Gasteiger charge is -2.15. The van der Waals surface area contributed by atoms with Gasteiger partial charge in [0.2, 0.25) is 0 Å². The Labute approximate surface area is 56.6 Å². The lowest BCUT2D eigenvalue weighted by atomic mass is 10.2. The summed E-state index contributed by atoms with van der Waals surface area (Å²) in [6.07, 6.45) is 0. The first kappa shape index (κ1) is 8.47. The van der Waals surface area contributed by atoms with Crippen LogP contribution < -0.4 is 5.11 Å². The molecule has 0 aliphatic heterocycles. The van der Waals surface area contributed by atoms with Gasteiger partial charge in [-0.05, 0) is 25.7 Å². The fourth-order valence-electron chi connectivity index (χ4n) is 0.404. The van der Waals surface area contributed by atoms with Gasteiger partial charge >= 0.3 is 0 Å². The van der Waals surface area contributed by atoms with Crippen LogP contribution in [0.1, 0.15) is 27.7 Å². The van der Waals surface area contributed by atoms with E-state index in [0.717, 1.165) is 0 Å². The Balaban J connectivity index is 3.84. The zero-order chi connectivity index (χ0) is 7.44. The lowest BCUT2D eigenvalue weighted by molar-refractivity contribution is -0.223. The van der Waals surface area contributed by atoms with Crippen LogP contribution in [0.15, 0.2) is 4.99 Å². The predicted octanol–water partition coefficient (Wildman–Crippen LogP) is 0.810. The molecular formula is C7H14NO-. The van der Waals surface area contributed by atoms with Gasteiger partial charge in [0.1, 0.15) is 0 Å². The van der Waals surface area contributed by atoms with E-state index < -0.39 is 0 Å². The van der Waals surface area contributed by atoms with E-state index in [1.807, 2.05) is 27.7 Å². The Kier molecular flexibility index (Phi) is 3.28.